The number of aliphatic hydroxyl groups is 1. The monoisotopic (exact) mass is 687 g/mol. The van der Waals surface area contributed by atoms with Gasteiger partial charge in [0.2, 0.25) is 0 Å². The lowest BCUT2D eigenvalue weighted by Crippen LogP contribution is -2.45. The van der Waals surface area contributed by atoms with Crippen molar-refractivity contribution in [1.82, 2.24) is 15.5 Å². The first-order chi connectivity index (χ1) is 24.0. The summed E-state index contributed by atoms with van der Waals surface area (Å²) in [6.45, 7) is 9.09. The van der Waals surface area contributed by atoms with Gasteiger partial charge in [-0.3, -0.25) is 14.5 Å². The molecule has 3 aromatic rings. The molecule has 3 N–H and O–H groups in total. The summed E-state index contributed by atoms with van der Waals surface area (Å²) in [5, 5.41) is 14.8. The molecule has 0 aromatic heterocycles. The highest BCUT2D eigenvalue weighted by atomic mass is 16.7. The highest BCUT2D eigenvalue weighted by Crippen LogP contribution is 2.39. The molecule has 50 heavy (non-hydrogen) atoms. The van der Waals surface area contributed by atoms with E-state index < -0.39 is 23.9 Å². The number of urea groups is 1. The smallest absolute Gasteiger partial charge is 0.325 e. The van der Waals surface area contributed by atoms with Crippen molar-refractivity contribution in [2.45, 2.75) is 90.2 Å². The minimum atomic E-state index is -0.628. The van der Waals surface area contributed by atoms with E-state index >= 15 is 0 Å². The Bertz CT molecular complexity index is 1590. The van der Waals surface area contributed by atoms with Gasteiger partial charge in [-0.2, -0.15) is 0 Å². The number of esters is 2. The van der Waals surface area contributed by atoms with E-state index in [1.165, 1.54) is 0 Å². The van der Waals surface area contributed by atoms with Crippen LogP contribution in [0.25, 0.3) is 11.1 Å². The second-order valence-corrected chi connectivity index (χ2v) is 13.7. The predicted octanol–water partition coefficient (Wildman–Crippen LogP) is 5.56. The van der Waals surface area contributed by atoms with Crippen molar-refractivity contribution in [2.24, 2.45) is 0 Å². The highest BCUT2D eigenvalue weighted by molar-refractivity contribution is 5.80. The van der Waals surface area contributed by atoms with E-state index in [4.69, 9.17) is 18.9 Å². The van der Waals surface area contributed by atoms with Crippen molar-refractivity contribution in [3.8, 4) is 11.1 Å². The Balaban J connectivity index is 1.27. The molecule has 0 radical (unpaired) electrons. The molecular weight excluding hydrogens is 638 g/mol. The Morgan fingerprint density at radius 1 is 0.920 bits per heavy atom. The van der Waals surface area contributed by atoms with E-state index in [9.17, 15) is 19.5 Å². The zero-order chi connectivity index (χ0) is 35.7. The largest absolute Gasteiger partial charge is 0.465 e. The summed E-state index contributed by atoms with van der Waals surface area (Å²) in [5.74, 6) is -0.680. The maximum atomic E-state index is 13.1. The predicted molar refractivity (Wildman–Crippen MR) is 188 cm³/mol. The summed E-state index contributed by atoms with van der Waals surface area (Å²) in [6, 6.07) is 23.0. The fraction of sp³-hybridized carbons (Fsp3) is 0.462. The molecular formula is C39H49N3O8. The number of aliphatic hydroxyl groups excluding tert-OH is 1. The van der Waals surface area contributed by atoms with Crippen LogP contribution >= 0.6 is 0 Å². The molecule has 268 valence electrons. The highest BCUT2D eigenvalue weighted by Gasteiger charge is 2.39. The van der Waals surface area contributed by atoms with Crippen LogP contribution in [0.4, 0.5) is 4.79 Å². The molecule has 2 heterocycles. The summed E-state index contributed by atoms with van der Waals surface area (Å²) in [6.07, 6.45) is 1.23. The van der Waals surface area contributed by atoms with Crippen molar-refractivity contribution >= 4 is 18.0 Å². The van der Waals surface area contributed by atoms with Crippen LogP contribution in [-0.2, 0) is 41.7 Å². The minimum absolute atomic E-state index is 0.0284. The second-order valence-electron chi connectivity index (χ2n) is 13.7. The number of hydrogen-bond donors (Lipinski definition) is 3. The summed E-state index contributed by atoms with van der Waals surface area (Å²) in [7, 11) is 0. The number of benzene rings is 3. The number of likely N-dealkylation sites (tertiary alicyclic amines) is 1. The average Bonchev–Trinajstić information content (AvgIpc) is 3.57. The van der Waals surface area contributed by atoms with Crippen molar-refractivity contribution in [3.63, 3.8) is 0 Å². The molecule has 11 nitrogen and oxygen atoms in total. The molecule has 2 saturated heterocycles. The second kappa shape index (κ2) is 17.1. The van der Waals surface area contributed by atoms with Crippen molar-refractivity contribution in [1.29, 1.82) is 0 Å². The molecule has 0 spiro atoms. The Morgan fingerprint density at radius 2 is 1.66 bits per heavy atom. The zero-order valence-corrected chi connectivity index (χ0v) is 29.4. The van der Waals surface area contributed by atoms with Gasteiger partial charge < -0.3 is 34.7 Å². The van der Waals surface area contributed by atoms with Crippen LogP contribution in [0.2, 0.25) is 0 Å². The van der Waals surface area contributed by atoms with Crippen LogP contribution < -0.4 is 10.6 Å². The lowest BCUT2D eigenvalue weighted by Gasteiger charge is -2.38. The number of carbonyl (C=O) groups is 3. The molecule has 0 saturated carbocycles. The van der Waals surface area contributed by atoms with Gasteiger partial charge in [0.15, 0.2) is 6.29 Å². The van der Waals surface area contributed by atoms with E-state index in [0.717, 1.165) is 52.8 Å². The van der Waals surface area contributed by atoms with Gasteiger partial charge in [-0.05, 0) is 81.0 Å². The van der Waals surface area contributed by atoms with E-state index in [0.29, 0.717) is 13.0 Å². The molecule has 3 aromatic carbocycles. The number of carbonyl (C=O) groups excluding carboxylic acids is 3. The van der Waals surface area contributed by atoms with Gasteiger partial charge in [-0.15, -0.1) is 0 Å². The van der Waals surface area contributed by atoms with Crippen molar-refractivity contribution in [3.05, 3.63) is 95.1 Å². The lowest BCUT2D eigenvalue weighted by atomic mass is 9.98. The number of nitrogens with one attached hydrogen (secondary N) is 2. The third-order valence-electron chi connectivity index (χ3n) is 8.69. The van der Waals surface area contributed by atoms with Crippen LogP contribution in [0, 0.1) is 0 Å². The molecule has 0 aliphatic carbocycles. The first-order valence-electron chi connectivity index (χ1n) is 17.4. The van der Waals surface area contributed by atoms with Crippen LogP contribution in [0.1, 0.15) is 81.6 Å². The molecule has 4 unspecified atom stereocenters. The van der Waals surface area contributed by atoms with E-state index in [2.05, 4.69) is 15.5 Å². The molecule has 2 aliphatic heterocycles. The summed E-state index contributed by atoms with van der Waals surface area (Å²) in [5.41, 5.74) is 5.03. The van der Waals surface area contributed by atoms with Crippen molar-refractivity contribution < 1.29 is 38.4 Å². The number of hydrogen-bond acceptors (Lipinski definition) is 9. The number of rotatable bonds is 12. The van der Waals surface area contributed by atoms with E-state index in [-0.39, 0.29) is 50.5 Å². The SMILES string of the molecule is CCOC(=O)CNC(=O)NCc1cccc(-c2ccc(C3OC(CN4CCCC4C(=O)OC(C)(C)C)CC(c4ccc(CO)cc4)O3)cc2)c1. The van der Waals surface area contributed by atoms with Gasteiger partial charge >= 0.3 is 18.0 Å². The van der Waals surface area contributed by atoms with E-state index in [1.807, 2.05) is 93.6 Å². The maximum absolute atomic E-state index is 13.1. The Labute approximate surface area is 294 Å². The molecule has 2 amide bonds. The third-order valence-corrected chi connectivity index (χ3v) is 8.69. The molecule has 0 bridgehead atoms. The molecule has 5 rings (SSSR count). The summed E-state index contributed by atoms with van der Waals surface area (Å²) >= 11 is 0. The first-order valence-corrected chi connectivity index (χ1v) is 17.4. The Hall–Kier alpha value is -4.29. The fourth-order valence-corrected chi connectivity index (χ4v) is 6.28. The quantitative estimate of drug-likeness (QED) is 0.209. The van der Waals surface area contributed by atoms with Gasteiger partial charge in [0, 0.05) is 25.1 Å². The minimum Gasteiger partial charge on any atom is -0.465 e. The average molecular weight is 688 g/mol. The number of ether oxygens (including phenoxy) is 4. The van der Waals surface area contributed by atoms with Gasteiger partial charge in [0.1, 0.15) is 18.2 Å². The molecule has 2 aliphatic rings. The lowest BCUT2D eigenvalue weighted by molar-refractivity contribution is -0.253. The number of nitrogens with zero attached hydrogens (tertiary/aromatic N) is 1. The fourth-order valence-electron chi connectivity index (χ4n) is 6.28. The molecule has 2 fully saturated rings. The van der Waals surface area contributed by atoms with Gasteiger partial charge in [0.25, 0.3) is 0 Å². The first kappa shape index (κ1) is 37.0. The van der Waals surface area contributed by atoms with Gasteiger partial charge in [-0.25, -0.2) is 4.79 Å². The zero-order valence-electron chi connectivity index (χ0n) is 29.4. The van der Waals surface area contributed by atoms with E-state index in [1.54, 1.807) is 6.92 Å². The number of amides is 2. The normalized spacial score (nSPS) is 21.0. The third kappa shape index (κ3) is 10.4. The topological polar surface area (TPSA) is 136 Å². The Kier molecular flexibility index (Phi) is 12.6. The van der Waals surface area contributed by atoms with Crippen molar-refractivity contribution in [2.75, 3.05) is 26.2 Å². The maximum Gasteiger partial charge on any atom is 0.325 e. The van der Waals surface area contributed by atoms with Gasteiger partial charge in [0.05, 0.1) is 25.4 Å². The van der Waals surface area contributed by atoms with Crippen LogP contribution in [0.15, 0.2) is 72.8 Å². The Morgan fingerprint density at radius 3 is 2.36 bits per heavy atom. The standard InChI is InChI=1S/C39H49N3O8/c1-5-47-35(44)23-41-38(46)40-22-27-8-6-9-31(20-27)28-15-17-30(18-16-28)37-48-32(21-34(49-37)29-13-11-26(25-43)12-14-29)24-42-19-7-10-33(42)36(45)50-39(2,3)4/h6,8-9,11-18,20,32-34,37,43H,5,7,10,19,21-25H2,1-4H3,(H2,40,41,46). The van der Waals surface area contributed by atoms with Crippen LogP contribution in [0.5, 0.6) is 0 Å². The summed E-state index contributed by atoms with van der Waals surface area (Å²) in [4.78, 5) is 38.9. The summed E-state index contributed by atoms with van der Waals surface area (Å²) < 4.78 is 23.7. The molecule has 4 atom stereocenters. The molecule has 11 heteroatoms. The van der Waals surface area contributed by atoms with Gasteiger partial charge in [-0.1, -0.05) is 66.7 Å². The van der Waals surface area contributed by atoms with Crippen LogP contribution in [-0.4, -0.2) is 72.0 Å². The van der Waals surface area contributed by atoms with Crippen LogP contribution in [0.3, 0.4) is 0 Å².